The zero-order chi connectivity index (χ0) is 17.5. The first-order valence-corrected chi connectivity index (χ1v) is 9.26. The van der Waals surface area contributed by atoms with Crippen LogP contribution >= 0.6 is 0 Å². The van der Waals surface area contributed by atoms with Gasteiger partial charge in [0.1, 0.15) is 0 Å². The average molecular weight is 339 g/mol. The van der Waals surface area contributed by atoms with E-state index in [9.17, 15) is 9.59 Å². The van der Waals surface area contributed by atoms with Gasteiger partial charge in [-0.2, -0.15) is 0 Å². The van der Waals surface area contributed by atoms with E-state index in [1.54, 1.807) is 4.90 Å². The van der Waals surface area contributed by atoms with Gasteiger partial charge in [0, 0.05) is 19.6 Å². The Morgan fingerprint density at radius 1 is 1.00 bits per heavy atom. The number of piperidine rings is 2. The van der Waals surface area contributed by atoms with Crippen molar-refractivity contribution < 1.29 is 14.3 Å². The van der Waals surface area contributed by atoms with Crippen molar-refractivity contribution in [2.45, 2.75) is 32.1 Å². The number of rotatable bonds is 5. The summed E-state index contributed by atoms with van der Waals surface area (Å²) in [4.78, 5) is 30.2. The number of ether oxygens (including phenoxy) is 1. The lowest BCUT2D eigenvalue weighted by Crippen LogP contribution is -2.45. The summed E-state index contributed by atoms with van der Waals surface area (Å²) in [6.07, 6.45) is 5.33. The fourth-order valence-electron chi connectivity index (χ4n) is 3.81. The molecule has 24 heavy (non-hydrogen) atoms. The Hall–Kier alpha value is -1.14. The fraction of sp³-hybridized carbons (Fsp3) is 0.889. The number of carbonyl (C=O) groups is 2. The molecule has 2 saturated heterocycles. The lowest BCUT2D eigenvalue weighted by molar-refractivity contribution is -0.161. The molecule has 138 valence electrons. The van der Waals surface area contributed by atoms with Crippen LogP contribution in [0, 0.1) is 11.8 Å². The Bertz CT molecular complexity index is 412. The quantitative estimate of drug-likeness (QED) is 0.426. The number of carbonyl (C=O) groups excluding carboxylic acids is 2. The molecule has 2 rings (SSSR count). The molecule has 0 spiro atoms. The molecule has 0 aromatic heterocycles. The van der Waals surface area contributed by atoms with Crippen LogP contribution in [0.2, 0.25) is 0 Å². The fourth-order valence-corrected chi connectivity index (χ4v) is 3.81. The molecule has 0 unspecified atom stereocenters. The number of nitrogens with zero attached hydrogens (tertiary/aromatic N) is 3. The molecule has 0 atom stereocenters. The predicted octanol–water partition coefficient (Wildman–Crippen LogP) is 1.06. The van der Waals surface area contributed by atoms with Crippen molar-refractivity contribution in [2.75, 3.05) is 60.5 Å². The Morgan fingerprint density at radius 3 is 2.08 bits per heavy atom. The lowest BCUT2D eigenvalue weighted by atomic mass is 9.79. The summed E-state index contributed by atoms with van der Waals surface area (Å²) in [5.74, 6) is 0.350. The molecule has 0 bridgehead atoms. The summed E-state index contributed by atoms with van der Waals surface area (Å²) in [5, 5.41) is 0. The number of hydrogen-bond donors (Lipinski definition) is 0. The molecule has 0 saturated carbocycles. The molecule has 0 aromatic carbocycles. The van der Waals surface area contributed by atoms with E-state index in [-0.39, 0.29) is 0 Å². The zero-order valence-corrected chi connectivity index (χ0v) is 15.5. The molecular formula is C18H33N3O3. The maximum Gasteiger partial charge on any atom is 0.397 e. The van der Waals surface area contributed by atoms with Crippen molar-refractivity contribution in [1.29, 1.82) is 0 Å². The van der Waals surface area contributed by atoms with Crippen molar-refractivity contribution in [3.63, 3.8) is 0 Å². The third-order valence-corrected chi connectivity index (χ3v) is 5.41. The molecule has 6 nitrogen and oxygen atoms in total. The summed E-state index contributed by atoms with van der Waals surface area (Å²) in [6.45, 7) is 4.93. The van der Waals surface area contributed by atoms with Crippen molar-refractivity contribution in [3.8, 4) is 0 Å². The van der Waals surface area contributed by atoms with Gasteiger partial charge in [0.25, 0.3) is 0 Å². The number of amides is 1. The molecule has 2 aliphatic heterocycles. The molecule has 0 radical (unpaired) electrons. The largest absolute Gasteiger partial charge is 0.458 e. The molecule has 0 aliphatic carbocycles. The van der Waals surface area contributed by atoms with Crippen molar-refractivity contribution in [3.05, 3.63) is 0 Å². The smallest absolute Gasteiger partial charge is 0.397 e. The normalized spacial score (nSPS) is 21.2. The van der Waals surface area contributed by atoms with E-state index < -0.39 is 11.9 Å². The van der Waals surface area contributed by atoms with Crippen LogP contribution < -0.4 is 0 Å². The second-order valence-corrected chi connectivity index (χ2v) is 7.56. The second kappa shape index (κ2) is 9.37. The highest BCUT2D eigenvalue weighted by molar-refractivity contribution is 6.32. The first-order chi connectivity index (χ1) is 11.5. The van der Waals surface area contributed by atoms with E-state index in [1.165, 1.54) is 25.9 Å². The van der Waals surface area contributed by atoms with Gasteiger partial charge in [-0.3, -0.25) is 4.79 Å². The molecule has 0 aromatic rings. The SMILES string of the molecule is CN(C)CCCOC(=O)C(=O)N1CCC(C2CCN(C)CC2)CC1. The van der Waals surface area contributed by atoms with E-state index in [4.69, 9.17) is 4.74 Å². The third-order valence-electron chi connectivity index (χ3n) is 5.41. The van der Waals surface area contributed by atoms with Crippen molar-refractivity contribution in [2.24, 2.45) is 11.8 Å². The predicted molar refractivity (Wildman–Crippen MR) is 93.7 cm³/mol. The van der Waals surface area contributed by atoms with Gasteiger partial charge in [-0.25, -0.2) is 4.79 Å². The summed E-state index contributed by atoms with van der Waals surface area (Å²) in [5.41, 5.74) is 0. The van der Waals surface area contributed by atoms with Crippen LogP contribution in [-0.4, -0.2) is 87.0 Å². The van der Waals surface area contributed by atoms with Crippen LogP contribution in [0.1, 0.15) is 32.1 Å². The van der Waals surface area contributed by atoms with Gasteiger partial charge in [-0.05, 0) is 78.2 Å². The molecule has 2 heterocycles. The summed E-state index contributed by atoms with van der Waals surface area (Å²) < 4.78 is 5.10. The second-order valence-electron chi connectivity index (χ2n) is 7.56. The Labute approximate surface area is 146 Å². The van der Waals surface area contributed by atoms with Crippen LogP contribution in [0.3, 0.4) is 0 Å². The van der Waals surface area contributed by atoms with Gasteiger partial charge >= 0.3 is 11.9 Å². The van der Waals surface area contributed by atoms with E-state index in [0.717, 1.165) is 31.7 Å². The number of esters is 1. The lowest BCUT2D eigenvalue weighted by Gasteiger charge is -2.39. The monoisotopic (exact) mass is 339 g/mol. The van der Waals surface area contributed by atoms with E-state index >= 15 is 0 Å². The van der Waals surface area contributed by atoms with E-state index in [0.29, 0.717) is 25.6 Å². The molecule has 1 amide bonds. The topological polar surface area (TPSA) is 53.1 Å². The number of hydrogen-bond acceptors (Lipinski definition) is 5. The highest BCUT2D eigenvalue weighted by atomic mass is 16.5. The minimum Gasteiger partial charge on any atom is -0.458 e. The summed E-state index contributed by atoms with van der Waals surface area (Å²) in [7, 11) is 6.13. The molecule has 2 fully saturated rings. The summed E-state index contributed by atoms with van der Waals surface area (Å²) >= 11 is 0. The van der Waals surface area contributed by atoms with Crippen LogP contribution in [0.15, 0.2) is 0 Å². The average Bonchev–Trinajstić information content (AvgIpc) is 2.58. The maximum absolute atomic E-state index is 12.2. The molecule has 6 heteroatoms. The van der Waals surface area contributed by atoms with Gasteiger partial charge in [0.05, 0.1) is 6.61 Å². The van der Waals surface area contributed by atoms with Crippen LogP contribution in [0.4, 0.5) is 0 Å². The minimum absolute atomic E-state index is 0.314. The van der Waals surface area contributed by atoms with Crippen LogP contribution in [0.5, 0.6) is 0 Å². The molecule has 2 aliphatic rings. The van der Waals surface area contributed by atoms with E-state index in [2.05, 4.69) is 11.9 Å². The van der Waals surface area contributed by atoms with Gasteiger partial charge in [-0.15, -0.1) is 0 Å². The zero-order valence-electron chi connectivity index (χ0n) is 15.5. The van der Waals surface area contributed by atoms with Gasteiger partial charge < -0.3 is 19.4 Å². The van der Waals surface area contributed by atoms with Crippen LogP contribution in [0.25, 0.3) is 0 Å². The molecular weight excluding hydrogens is 306 g/mol. The van der Waals surface area contributed by atoms with Crippen molar-refractivity contribution >= 4 is 11.9 Å². The minimum atomic E-state index is -0.688. The highest BCUT2D eigenvalue weighted by Gasteiger charge is 2.32. The molecule has 0 N–H and O–H groups in total. The van der Waals surface area contributed by atoms with Gasteiger partial charge in [0.15, 0.2) is 0 Å². The standard InChI is InChI=1S/C18H33N3O3/c1-19(2)9-4-14-24-18(23)17(22)21-12-7-16(8-13-21)15-5-10-20(3)11-6-15/h15-16H,4-14H2,1-3H3. The Morgan fingerprint density at radius 2 is 1.54 bits per heavy atom. The van der Waals surface area contributed by atoms with E-state index in [1.807, 2.05) is 19.0 Å². The first-order valence-electron chi connectivity index (χ1n) is 9.26. The Balaban J connectivity index is 1.67. The van der Waals surface area contributed by atoms with Crippen LogP contribution in [-0.2, 0) is 14.3 Å². The first kappa shape index (κ1) is 19.2. The summed E-state index contributed by atoms with van der Waals surface area (Å²) in [6, 6.07) is 0. The van der Waals surface area contributed by atoms with Crippen molar-refractivity contribution in [1.82, 2.24) is 14.7 Å². The van der Waals surface area contributed by atoms with Gasteiger partial charge in [0.2, 0.25) is 0 Å². The third kappa shape index (κ3) is 5.74. The Kier molecular flexibility index (Phi) is 7.49. The highest BCUT2D eigenvalue weighted by Crippen LogP contribution is 2.32. The maximum atomic E-state index is 12.2. The van der Waals surface area contributed by atoms with Gasteiger partial charge in [-0.1, -0.05) is 0 Å². The number of likely N-dealkylation sites (tertiary alicyclic amines) is 2.